The molecule has 2 rings (SSSR count). The first kappa shape index (κ1) is 7.98. The summed E-state index contributed by atoms with van der Waals surface area (Å²) >= 11 is 1.47. The van der Waals surface area contributed by atoms with Gasteiger partial charge in [-0.25, -0.2) is 4.98 Å². The lowest BCUT2D eigenvalue weighted by atomic mass is 10.4. The summed E-state index contributed by atoms with van der Waals surface area (Å²) in [6.07, 6.45) is 2.55. The highest BCUT2D eigenvalue weighted by Gasteiger charge is 2.27. The highest BCUT2D eigenvalue weighted by molar-refractivity contribution is 7.09. The summed E-state index contributed by atoms with van der Waals surface area (Å²) in [6.45, 7) is 4.22. The average Bonchev–Trinajstić information content (AvgIpc) is 2.73. The second kappa shape index (κ2) is 3.01. The molecule has 0 spiro atoms. The molecule has 66 valence electrons. The molecule has 1 aliphatic carbocycles. The normalized spacial score (nSPS) is 16.9. The van der Waals surface area contributed by atoms with E-state index in [1.165, 1.54) is 24.4 Å². The average molecular weight is 183 g/mol. The summed E-state index contributed by atoms with van der Waals surface area (Å²) in [6, 6.07) is 0.449. The number of rotatable bonds is 3. The summed E-state index contributed by atoms with van der Waals surface area (Å²) in [4.78, 5) is 4.41. The van der Waals surface area contributed by atoms with Crippen LogP contribution in [0, 0.1) is 0 Å². The highest BCUT2D eigenvalue weighted by atomic mass is 32.1. The van der Waals surface area contributed by atoms with Crippen LogP contribution >= 0.6 is 11.5 Å². The Bertz CT molecular complexity index is 265. The number of hydrogen-bond acceptors (Lipinski definition) is 4. The largest absolute Gasteiger partial charge is 0.358 e. The highest BCUT2D eigenvalue weighted by Crippen LogP contribution is 2.39. The molecule has 0 atom stereocenters. The Morgan fingerprint density at radius 2 is 2.25 bits per heavy atom. The fraction of sp³-hybridized carbons (Fsp3) is 0.750. The first-order chi connectivity index (χ1) is 5.75. The lowest BCUT2D eigenvalue weighted by Gasteiger charge is -2.03. The number of anilines is 1. The van der Waals surface area contributed by atoms with E-state index >= 15 is 0 Å². The van der Waals surface area contributed by atoms with E-state index in [0.29, 0.717) is 12.0 Å². The third-order valence-corrected chi connectivity index (χ3v) is 2.46. The van der Waals surface area contributed by atoms with E-state index in [4.69, 9.17) is 0 Å². The fourth-order valence-corrected chi connectivity index (χ4v) is 1.84. The maximum absolute atomic E-state index is 4.41. The zero-order valence-electron chi connectivity index (χ0n) is 7.37. The Hall–Kier alpha value is -0.640. The molecule has 1 heterocycles. The van der Waals surface area contributed by atoms with Crippen molar-refractivity contribution in [3.05, 3.63) is 5.82 Å². The van der Waals surface area contributed by atoms with Gasteiger partial charge in [0.05, 0.1) is 0 Å². The molecule has 1 saturated carbocycles. The van der Waals surface area contributed by atoms with Crippen LogP contribution in [0.1, 0.15) is 38.4 Å². The van der Waals surface area contributed by atoms with Gasteiger partial charge in [0.25, 0.3) is 0 Å². The van der Waals surface area contributed by atoms with Crippen molar-refractivity contribution in [2.45, 2.75) is 38.6 Å². The molecule has 0 aliphatic heterocycles. The van der Waals surface area contributed by atoms with E-state index in [1.54, 1.807) is 0 Å². The zero-order valence-corrected chi connectivity index (χ0v) is 8.19. The standard InChI is InChI=1S/C8H13N3S/c1-5(2)9-8-10-7(11-12-8)6-3-4-6/h5-6H,3-4H2,1-2H3,(H,9,10,11). The second-order valence-corrected chi connectivity index (χ2v) is 4.28. The Morgan fingerprint density at radius 3 is 2.83 bits per heavy atom. The first-order valence-electron chi connectivity index (χ1n) is 4.36. The molecule has 0 radical (unpaired) electrons. The van der Waals surface area contributed by atoms with E-state index < -0.39 is 0 Å². The zero-order chi connectivity index (χ0) is 8.55. The van der Waals surface area contributed by atoms with E-state index in [0.717, 1.165) is 11.0 Å². The van der Waals surface area contributed by atoms with Crippen molar-refractivity contribution in [3.63, 3.8) is 0 Å². The molecule has 0 bridgehead atoms. The van der Waals surface area contributed by atoms with Crippen LogP contribution in [0.2, 0.25) is 0 Å². The predicted octanol–water partition coefficient (Wildman–Crippen LogP) is 2.24. The summed E-state index contributed by atoms with van der Waals surface area (Å²) in [5.74, 6) is 1.71. The summed E-state index contributed by atoms with van der Waals surface area (Å²) in [5, 5.41) is 4.22. The van der Waals surface area contributed by atoms with Crippen LogP contribution in [0.25, 0.3) is 0 Å². The van der Waals surface area contributed by atoms with Crippen LogP contribution in [-0.2, 0) is 0 Å². The minimum Gasteiger partial charge on any atom is -0.358 e. The smallest absolute Gasteiger partial charge is 0.202 e. The Labute approximate surface area is 76.4 Å². The predicted molar refractivity (Wildman–Crippen MR) is 50.6 cm³/mol. The van der Waals surface area contributed by atoms with Crippen molar-refractivity contribution in [3.8, 4) is 0 Å². The molecular formula is C8H13N3S. The molecule has 0 aromatic carbocycles. The number of nitrogens with zero attached hydrogens (tertiary/aromatic N) is 2. The van der Waals surface area contributed by atoms with E-state index in [-0.39, 0.29) is 0 Å². The van der Waals surface area contributed by atoms with Gasteiger partial charge in [-0.15, -0.1) is 0 Å². The molecule has 1 aromatic rings. The van der Waals surface area contributed by atoms with Gasteiger partial charge >= 0.3 is 0 Å². The Kier molecular flexibility index (Phi) is 2.00. The molecule has 3 nitrogen and oxygen atoms in total. The molecule has 1 aromatic heterocycles. The van der Waals surface area contributed by atoms with Gasteiger partial charge in [-0.05, 0) is 26.7 Å². The van der Waals surface area contributed by atoms with Gasteiger partial charge in [0.15, 0.2) is 0 Å². The summed E-state index contributed by atoms with van der Waals surface area (Å²) in [7, 11) is 0. The topological polar surface area (TPSA) is 37.8 Å². The van der Waals surface area contributed by atoms with Crippen LogP contribution in [-0.4, -0.2) is 15.4 Å². The molecule has 1 aliphatic rings. The number of aromatic nitrogens is 2. The third kappa shape index (κ3) is 1.75. The monoisotopic (exact) mass is 183 g/mol. The first-order valence-corrected chi connectivity index (χ1v) is 5.13. The van der Waals surface area contributed by atoms with Crippen molar-refractivity contribution < 1.29 is 0 Å². The van der Waals surface area contributed by atoms with Gasteiger partial charge in [0.2, 0.25) is 5.13 Å². The molecule has 0 amide bonds. The van der Waals surface area contributed by atoms with Crippen LogP contribution in [0.3, 0.4) is 0 Å². The SMILES string of the molecule is CC(C)Nc1nc(C2CC2)ns1. The van der Waals surface area contributed by atoms with Gasteiger partial charge in [0.1, 0.15) is 5.82 Å². The Morgan fingerprint density at radius 1 is 1.50 bits per heavy atom. The van der Waals surface area contributed by atoms with Gasteiger partial charge in [-0.1, -0.05) is 0 Å². The van der Waals surface area contributed by atoms with Crippen LogP contribution in [0.5, 0.6) is 0 Å². The van der Waals surface area contributed by atoms with Gasteiger partial charge < -0.3 is 5.32 Å². The van der Waals surface area contributed by atoms with E-state index in [9.17, 15) is 0 Å². The fourth-order valence-electron chi connectivity index (χ4n) is 1.05. The van der Waals surface area contributed by atoms with Crippen LogP contribution < -0.4 is 5.32 Å². The summed E-state index contributed by atoms with van der Waals surface area (Å²) < 4.78 is 4.30. The quantitative estimate of drug-likeness (QED) is 0.781. The third-order valence-electron chi connectivity index (χ3n) is 1.80. The minimum absolute atomic E-state index is 0.449. The lowest BCUT2D eigenvalue weighted by Crippen LogP contribution is -2.09. The van der Waals surface area contributed by atoms with Gasteiger partial charge in [-0.3, -0.25) is 0 Å². The van der Waals surface area contributed by atoms with E-state index in [2.05, 4.69) is 28.5 Å². The second-order valence-electron chi connectivity index (χ2n) is 3.53. The van der Waals surface area contributed by atoms with Gasteiger partial charge in [-0.2, -0.15) is 4.37 Å². The number of nitrogens with one attached hydrogen (secondary N) is 1. The molecule has 1 N–H and O–H groups in total. The number of hydrogen-bond donors (Lipinski definition) is 1. The molecule has 0 saturated heterocycles. The van der Waals surface area contributed by atoms with Crippen molar-refractivity contribution in [2.75, 3.05) is 5.32 Å². The maximum Gasteiger partial charge on any atom is 0.202 e. The molecule has 0 unspecified atom stereocenters. The molecule has 4 heteroatoms. The Balaban J connectivity index is 2.03. The minimum atomic E-state index is 0.449. The molecule has 1 fully saturated rings. The lowest BCUT2D eigenvalue weighted by molar-refractivity contribution is 0.889. The molecule has 12 heavy (non-hydrogen) atoms. The molecular weight excluding hydrogens is 170 g/mol. The van der Waals surface area contributed by atoms with Crippen molar-refractivity contribution in [2.24, 2.45) is 0 Å². The van der Waals surface area contributed by atoms with Crippen LogP contribution in [0.4, 0.5) is 5.13 Å². The summed E-state index contributed by atoms with van der Waals surface area (Å²) in [5.41, 5.74) is 0. The van der Waals surface area contributed by atoms with Crippen molar-refractivity contribution in [1.29, 1.82) is 0 Å². The van der Waals surface area contributed by atoms with Crippen molar-refractivity contribution in [1.82, 2.24) is 9.36 Å². The van der Waals surface area contributed by atoms with E-state index in [1.807, 2.05) is 0 Å². The maximum atomic E-state index is 4.41. The van der Waals surface area contributed by atoms with Crippen molar-refractivity contribution >= 4 is 16.7 Å². The van der Waals surface area contributed by atoms with Gasteiger partial charge in [0, 0.05) is 23.5 Å². The van der Waals surface area contributed by atoms with Crippen LogP contribution in [0.15, 0.2) is 0 Å².